The van der Waals surface area contributed by atoms with E-state index in [2.05, 4.69) is 11.9 Å². The minimum atomic E-state index is 0.0186. The van der Waals surface area contributed by atoms with Gasteiger partial charge in [-0.2, -0.15) is 0 Å². The number of ketones is 1. The first-order chi connectivity index (χ1) is 9.04. The third kappa shape index (κ3) is 3.10. The number of nitrogens with one attached hydrogen (secondary N) is 1. The first-order valence-corrected chi connectivity index (χ1v) is 7.34. The number of thiophene rings is 1. The first-order valence-electron chi connectivity index (χ1n) is 6.52. The van der Waals surface area contributed by atoms with Crippen LogP contribution in [0.25, 0.3) is 0 Å². The summed E-state index contributed by atoms with van der Waals surface area (Å²) >= 11 is 1.39. The average Bonchev–Trinajstić information content (AvgIpc) is 3.15. The van der Waals surface area contributed by atoms with Crippen LogP contribution in [0.3, 0.4) is 0 Å². The second-order valence-electron chi connectivity index (χ2n) is 4.98. The van der Waals surface area contributed by atoms with Crippen LogP contribution < -0.4 is 15.8 Å². The van der Waals surface area contributed by atoms with Crippen molar-refractivity contribution >= 4 is 27.8 Å². The Hall–Kier alpha value is -1.49. The molecule has 0 radical (unpaired) electrons. The van der Waals surface area contributed by atoms with Crippen LogP contribution in [0, 0.1) is 5.92 Å². The molecule has 1 aliphatic carbocycles. The van der Waals surface area contributed by atoms with Gasteiger partial charge in [-0.1, -0.05) is 6.08 Å². The number of nitrogen functional groups attached to an aromatic ring is 1. The molecule has 0 aliphatic heterocycles. The number of nitrogens with two attached hydrogens (primary N) is 1. The zero-order valence-corrected chi connectivity index (χ0v) is 12.2. The van der Waals surface area contributed by atoms with Gasteiger partial charge in [-0.25, -0.2) is 0 Å². The molecule has 0 saturated heterocycles. The highest BCUT2D eigenvalue weighted by Gasteiger charge is 2.34. The third-order valence-electron chi connectivity index (χ3n) is 2.83. The Morgan fingerprint density at radius 3 is 2.84 bits per heavy atom. The summed E-state index contributed by atoms with van der Waals surface area (Å²) in [5, 5.41) is 4.00. The van der Waals surface area contributed by atoms with E-state index in [1.165, 1.54) is 11.3 Å². The molecule has 1 aromatic heterocycles. The van der Waals surface area contributed by atoms with Gasteiger partial charge in [0.05, 0.1) is 16.7 Å². The topological polar surface area (TPSA) is 64.4 Å². The van der Waals surface area contributed by atoms with Crippen LogP contribution >= 0.6 is 11.3 Å². The van der Waals surface area contributed by atoms with Gasteiger partial charge in [0.2, 0.25) is 0 Å². The number of carbonyl (C=O) groups excluding carboxylic acids is 1. The van der Waals surface area contributed by atoms with E-state index < -0.39 is 0 Å². The molecule has 1 aliphatic rings. The van der Waals surface area contributed by atoms with Gasteiger partial charge < -0.3 is 15.8 Å². The highest BCUT2D eigenvalue weighted by molar-refractivity contribution is 7.19. The van der Waals surface area contributed by atoms with Crippen LogP contribution in [0.2, 0.25) is 0 Å². The molecule has 0 bridgehead atoms. The zero-order valence-electron chi connectivity index (χ0n) is 11.4. The molecule has 3 N–H and O–H groups in total. The van der Waals surface area contributed by atoms with Crippen molar-refractivity contribution in [1.82, 2.24) is 0 Å². The maximum absolute atomic E-state index is 12.2. The lowest BCUT2D eigenvalue weighted by Gasteiger charge is -2.12. The minimum Gasteiger partial charge on any atom is -0.486 e. The molecule has 0 unspecified atom stereocenters. The number of carbonyl (C=O) groups is 1. The van der Waals surface area contributed by atoms with E-state index in [0.29, 0.717) is 22.9 Å². The summed E-state index contributed by atoms with van der Waals surface area (Å²) in [5.74, 6) is 0.925. The van der Waals surface area contributed by atoms with Crippen LogP contribution in [0.5, 0.6) is 5.75 Å². The monoisotopic (exact) mass is 280 g/mol. The lowest BCUT2D eigenvalue weighted by molar-refractivity contribution is 0.0972. The highest BCUT2D eigenvalue weighted by Crippen LogP contribution is 2.46. The molecule has 2 rings (SSSR count). The molecule has 5 heteroatoms. The lowest BCUT2D eigenvalue weighted by Crippen LogP contribution is -2.09. The number of rotatable bonds is 7. The van der Waals surface area contributed by atoms with Crippen LogP contribution in [0.4, 0.5) is 10.7 Å². The smallest absolute Gasteiger partial charge is 0.178 e. The fourth-order valence-corrected chi connectivity index (χ4v) is 2.86. The quantitative estimate of drug-likeness (QED) is 0.594. The number of anilines is 2. The minimum absolute atomic E-state index is 0.0186. The van der Waals surface area contributed by atoms with Crippen molar-refractivity contribution in [1.29, 1.82) is 0 Å². The molecule has 1 heterocycles. The largest absolute Gasteiger partial charge is 0.486 e. The lowest BCUT2D eigenvalue weighted by atomic mass is 10.2. The van der Waals surface area contributed by atoms with Gasteiger partial charge in [-0.05, 0) is 26.7 Å². The second-order valence-corrected chi connectivity index (χ2v) is 6.00. The van der Waals surface area contributed by atoms with E-state index in [-0.39, 0.29) is 17.8 Å². The Kier molecular flexibility index (Phi) is 4.14. The Morgan fingerprint density at radius 2 is 2.32 bits per heavy atom. The Balaban J connectivity index is 2.31. The van der Waals surface area contributed by atoms with Crippen molar-refractivity contribution in [3.8, 4) is 5.75 Å². The summed E-state index contributed by atoms with van der Waals surface area (Å²) in [5.41, 5.74) is 6.56. The van der Waals surface area contributed by atoms with Crippen molar-refractivity contribution in [2.45, 2.75) is 32.8 Å². The molecule has 0 aromatic carbocycles. The van der Waals surface area contributed by atoms with E-state index in [4.69, 9.17) is 10.5 Å². The number of ether oxygens (including phenoxy) is 1. The fraction of sp³-hybridized carbons (Fsp3) is 0.500. The third-order valence-corrected chi connectivity index (χ3v) is 3.99. The van der Waals surface area contributed by atoms with Crippen molar-refractivity contribution in [2.75, 3.05) is 17.6 Å². The zero-order chi connectivity index (χ0) is 14.0. The molecule has 104 valence electrons. The number of hydrogen-bond donors (Lipinski definition) is 2. The van der Waals surface area contributed by atoms with E-state index >= 15 is 0 Å². The van der Waals surface area contributed by atoms with Crippen molar-refractivity contribution < 1.29 is 9.53 Å². The molecule has 0 atom stereocenters. The van der Waals surface area contributed by atoms with Gasteiger partial charge in [-0.3, -0.25) is 4.79 Å². The molecular formula is C14H20N2O2S. The molecule has 0 spiro atoms. The molecular weight excluding hydrogens is 260 g/mol. The maximum atomic E-state index is 12.2. The summed E-state index contributed by atoms with van der Waals surface area (Å²) in [7, 11) is 0. The Labute approximate surface area is 117 Å². The van der Waals surface area contributed by atoms with E-state index in [0.717, 1.165) is 17.8 Å². The standard InChI is InChI=1S/C14H20N2O2S/c1-4-7-16-14-12(18-8(2)3)10(15)13(19-14)11(17)9-5-6-9/h4,8-9,16H,1,5-7,15H2,2-3H3. The summed E-state index contributed by atoms with van der Waals surface area (Å²) < 4.78 is 5.74. The van der Waals surface area contributed by atoms with Gasteiger partial charge in [0.1, 0.15) is 5.00 Å². The van der Waals surface area contributed by atoms with E-state index in [1.54, 1.807) is 6.08 Å². The van der Waals surface area contributed by atoms with Gasteiger partial charge in [0, 0.05) is 12.5 Å². The predicted molar refractivity (Wildman–Crippen MR) is 80.2 cm³/mol. The molecule has 19 heavy (non-hydrogen) atoms. The molecule has 1 aromatic rings. The summed E-state index contributed by atoms with van der Waals surface area (Å²) in [6, 6.07) is 0. The second kappa shape index (κ2) is 5.65. The van der Waals surface area contributed by atoms with E-state index in [1.807, 2.05) is 13.8 Å². The first kappa shape index (κ1) is 13.9. The summed E-state index contributed by atoms with van der Waals surface area (Å²) in [4.78, 5) is 12.8. The van der Waals surface area contributed by atoms with Gasteiger partial charge in [-0.15, -0.1) is 17.9 Å². The van der Waals surface area contributed by atoms with Crippen LogP contribution in [-0.4, -0.2) is 18.4 Å². The number of Topliss-reactive ketones (excluding diaryl/α,β-unsaturated/α-hetero) is 1. The van der Waals surface area contributed by atoms with E-state index in [9.17, 15) is 4.79 Å². The maximum Gasteiger partial charge on any atom is 0.178 e. The van der Waals surface area contributed by atoms with Crippen LogP contribution in [-0.2, 0) is 0 Å². The van der Waals surface area contributed by atoms with Gasteiger partial charge in [0.15, 0.2) is 11.5 Å². The Morgan fingerprint density at radius 1 is 1.63 bits per heavy atom. The SMILES string of the molecule is C=CCNc1sc(C(=O)C2CC2)c(N)c1OC(C)C. The summed E-state index contributed by atoms with van der Waals surface area (Å²) in [6.07, 6.45) is 3.74. The molecule has 1 fully saturated rings. The predicted octanol–water partition coefficient (Wildman–Crippen LogP) is 3.31. The number of hydrogen-bond acceptors (Lipinski definition) is 5. The van der Waals surface area contributed by atoms with Crippen molar-refractivity contribution in [2.24, 2.45) is 5.92 Å². The Bertz CT molecular complexity index is 490. The molecule has 1 saturated carbocycles. The van der Waals surface area contributed by atoms with Crippen molar-refractivity contribution in [3.63, 3.8) is 0 Å². The van der Waals surface area contributed by atoms with Gasteiger partial charge >= 0.3 is 0 Å². The fourth-order valence-electron chi connectivity index (χ4n) is 1.78. The molecule has 0 amide bonds. The normalized spacial score (nSPS) is 14.5. The van der Waals surface area contributed by atoms with Gasteiger partial charge in [0.25, 0.3) is 0 Å². The van der Waals surface area contributed by atoms with Crippen molar-refractivity contribution in [3.05, 3.63) is 17.5 Å². The average molecular weight is 280 g/mol. The van der Waals surface area contributed by atoms with Crippen LogP contribution in [0.15, 0.2) is 12.7 Å². The molecule has 4 nitrogen and oxygen atoms in total. The highest BCUT2D eigenvalue weighted by atomic mass is 32.1. The summed E-state index contributed by atoms with van der Waals surface area (Å²) in [6.45, 7) is 8.17. The van der Waals surface area contributed by atoms with Crippen LogP contribution in [0.1, 0.15) is 36.4 Å².